The smallest absolute Gasteiger partial charge is 0.247 e. The van der Waals surface area contributed by atoms with E-state index < -0.39 is 0 Å². The molecule has 1 N–H and O–H groups in total. The van der Waals surface area contributed by atoms with Crippen LogP contribution in [0.1, 0.15) is 17.5 Å². The lowest BCUT2D eigenvalue weighted by Crippen LogP contribution is -2.28. The quantitative estimate of drug-likeness (QED) is 0.739. The lowest BCUT2D eigenvalue weighted by molar-refractivity contribution is -0.128. The van der Waals surface area contributed by atoms with Gasteiger partial charge in [0, 0.05) is 30.8 Å². The zero-order valence-corrected chi connectivity index (χ0v) is 15.5. The average molecular weight is 376 g/mol. The Morgan fingerprint density at radius 2 is 2.07 bits per heavy atom. The highest BCUT2D eigenvalue weighted by Gasteiger charge is 2.34. The van der Waals surface area contributed by atoms with Crippen LogP contribution in [0, 0.1) is 12.8 Å². The number of carbonyl (C=O) groups excluding carboxylic acids is 2. The molecule has 0 radical (unpaired) electrons. The Morgan fingerprint density at radius 1 is 1.25 bits per heavy atom. The van der Waals surface area contributed by atoms with Gasteiger partial charge in [-0.05, 0) is 30.7 Å². The summed E-state index contributed by atoms with van der Waals surface area (Å²) in [5, 5.41) is 10.4. The molecule has 142 valence electrons. The van der Waals surface area contributed by atoms with Gasteiger partial charge >= 0.3 is 0 Å². The Kier molecular flexibility index (Phi) is 4.89. The van der Waals surface area contributed by atoms with E-state index in [9.17, 15) is 9.59 Å². The minimum atomic E-state index is -0.370. The van der Waals surface area contributed by atoms with Gasteiger partial charge in [-0.1, -0.05) is 35.9 Å². The lowest BCUT2D eigenvalue weighted by Gasteiger charge is -2.17. The van der Waals surface area contributed by atoms with Crippen molar-refractivity contribution in [3.05, 3.63) is 66.1 Å². The lowest BCUT2D eigenvalue weighted by atomic mass is 10.1. The van der Waals surface area contributed by atoms with Crippen molar-refractivity contribution >= 4 is 17.5 Å². The van der Waals surface area contributed by atoms with E-state index in [2.05, 4.69) is 15.5 Å². The van der Waals surface area contributed by atoms with Gasteiger partial charge in [-0.2, -0.15) is 0 Å². The van der Waals surface area contributed by atoms with Gasteiger partial charge < -0.3 is 14.6 Å². The number of hydrogen-bond donors (Lipinski definition) is 1. The van der Waals surface area contributed by atoms with Crippen molar-refractivity contribution in [2.24, 2.45) is 5.92 Å². The van der Waals surface area contributed by atoms with Gasteiger partial charge in [0.1, 0.15) is 0 Å². The number of aryl methyl sites for hydroxylation is 1. The molecular formula is C21H20N4O3. The molecule has 1 atom stereocenters. The molecule has 2 aromatic carbocycles. The molecule has 1 aliphatic rings. The van der Waals surface area contributed by atoms with Gasteiger partial charge in [-0.25, -0.2) is 0 Å². The first-order valence-corrected chi connectivity index (χ1v) is 9.09. The number of nitrogens with zero attached hydrogens (tertiary/aromatic N) is 3. The van der Waals surface area contributed by atoms with E-state index in [1.165, 1.54) is 12.0 Å². The molecule has 7 nitrogen and oxygen atoms in total. The number of carbonyl (C=O) groups is 2. The predicted molar refractivity (Wildman–Crippen MR) is 103 cm³/mol. The Bertz CT molecular complexity index is 983. The van der Waals surface area contributed by atoms with Crippen LogP contribution in [0.3, 0.4) is 0 Å². The molecule has 0 bridgehead atoms. The molecule has 2 heterocycles. The van der Waals surface area contributed by atoms with Gasteiger partial charge in [0.25, 0.3) is 0 Å². The van der Waals surface area contributed by atoms with E-state index in [4.69, 9.17) is 4.42 Å². The predicted octanol–water partition coefficient (Wildman–Crippen LogP) is 3.03. The fourth-order valence-electron chi connectivity index (χ4n) is 3.29. The Morgan fingerprint density at radius 3 is 2.82 bits per heavy atom. The van der Waals surface area contributed by atoms with Crippen LogP contribution in [-0.2, 0) is 16.1 Å². The Balaban J connectivity index is 1.40. The van der Waals surface area contributed by atoms with Crippen LogP contribution in [0.15, 0.2) is 59.3 Å². The van der Waals surface area contributed by atoms with Crippen molar-refractivity contribution in [1.82, 2.24) is 15.1 Å². The van der Waals surface area contributed by atoms with E-state index in [0.717, 1.165) is 11.1 Å². The van der Waals surface area contributed by atoms with Crippen molar-refractivity contribution in [2.75, 3.05) is 11.9 Å². The van der Waals surface area contributed by atoms with E-state index in [-0.39, 0.29) is 24.2 Å². The molecule has 0 spiro atoms. The number of amides is 2. The molecular weight excluding hydrogens is 356 g/mol. The van der Waals surface area contributed by atoms with Crippen molar-refractivity contribution < 1.29 is 14.0 Å². The van der Waals surface area contributed by atoms with Crippen molar-refractivity contribution in [3.8, 4) is 11.5 Å². The molecule has 2 amide bonds. The summed E-state index contributed by atoms with van der Waals surface area (Å²) in [5.41, 5.74) is 3.59. The largest absolute Gasteiger partial charge is 0.423 e. The van der Waals surface area contributed by atoms with Crippen molar-refractivity contribution in [2.45, 2.75) is 19.9 Å². The zero-order chi connectivity index (χ0) is 19.5. The zero-order valence-electron chi connectivity index (χ0n) is 15.5. The highest BCUT2D eigenvalue weighted by atomic mass is 16.4. The second kappa shape index (κ2) is 7.64. The number of likely N-dealkylation sites (tertiary alicyclic amines) is 1. The molecule has 0 saturated carbocycles. The number of anilines is 1. The van der Waals surface area contributed by atoms with Crippen LogP contribution in [0.4, 0.5) is 5.69 Å². The Hall–Kier alpha value is -3.48. The number of nitrogens with one attached hydrogen (secondary N) is 1. The van der Waals surface area contributed by atoms with Crippen LogP contribution in [0.25, 0.3) is 11.5 Å². The fourth-order valence-corrected chi connectivity index (χ4v) is 3.29. The van der Waals surface area contributed by atoms with Gasteiger partial charge in [-0.3, -0.25) is 9.59 Å². The SMILES string of the molecule is Cc1ccc(CN2C[C@H](C(=O)Nc3cccc(-c4nnco4)c3)CC2=O)cc1. The highest BCUT2D eigenvalue weighted by Crippen LogP contribution is 2.24. The molecule has 0 aliphatic carbocycles. The summed E-state index contributed by atoms with van der Waals surface area (Å²) in [6.45, 7) is 2.97. The third-order valence-electron chi connectivity index (χ3n) is 4.82. The summed E-state index contributed by atoms with van der Waals surface area (Å²) in [6.07, 6.45) is 1.48. The summed E-state index contributed by atoms with van der Waals surface area (Å²) < 4.78 is 5.19. The van der Waals surface area contributed by atoms with E-state index in [1.807, 2.05) is 37.3 Å². The average Bonchev–Trinajstić information content (AvgIpc) is 3.34. The highest BCUT2D eigenvalue weighted by molar-refractivity contribution is 5.97. The summed E-state index contributed by atoms with van der Waals surface area (Å²) >= 11 is 0. The monoisotopic (exact) mass is 376 g/mol. The first-order valence-electron chi connectivity index (χ1n) is 9.09. The van der Waals surface area contributed by atoms with Crippen LogP contribution in [-0.4, -0.2) is 33.5 Å². The van der Waals surface area contributed by atoms with Crippen LogP contribution >= 0.6 is 0 Å². The number of rotatable bonds is 5. The molecule has 1 aliphatic heterocycles. The summed E-state index contributed by atoms with van der Waals surface area (Å²) in [4.78, 5) is 26.7. The normalized spacial score (nSPS) is 16.4. The standard InChI is InChI=1S/C21H20N4O3/c1-14-5-7-15(8-6-14)11-25-12-17(10-19(25)26)20(27)23-18-4-2-3-16(9-18)21-24-22-13-28-21/h2-9,13,17H,10-12H2,1H3,(H,23,27)/t17-/m1/s1. The number of hydrogen-bond acceptors (Lipinski definition) is 5. The maximum atomic E-state index is 12.7. The summed E-state index contributed by atoms with van der Waals surface area (Å²) in [6, 6.07) is 15.3. The molecule has 3 aromatic rings. The van der Waals surface area contributed by atoms with Crippen LogP contribution in [0.5, 0.6) is 0 Å². The van der Waals surface area contributed by atoms with Gasteiger partial charge in [0.05, 0.1) is 5.92 Å². The third kappa shape index (κ3) is 3.93. The molecule has 0 unspecified atom stereocenters. The first kappa shape index (κ1) is 17.9. The topological polar surface area (TPSA) is 88.3 Å². The summed E-state index contributed by atoms with van der Waals surface area (Å²) in [7, 11) is 0. The maximum absolute atomic E-state index is 12.7. The number of aromatic nitrogens is 2. The van der Waals surface area contributed by atoms with Gasteiger partial charge in [0.15, 0.2) is 0 Å². The first-order chi connectivity index (χ1) is 13.6. The number of benzene rings is 2. The van der Waals surface area contributed by atoms with Gasteiger partial charge in [-0.15, -0.1) is 10.2 Å². The van der Waals surface area contributed by atoms with Crippen molar-refractivity contribution in [3.63, 3.8) is 0 Å². The molecule has 1 fully saturated rings. The molecule has 7 heteroatoms. The van der Waals surface area contributed by atoms with Crippen LogP contribution < -0.4 is 5.32 Å². The molecule has 1 saturated heterocycles. The minimum absolute atomic E-state index is 0.000311. The molecule has 1 aromatic heterocycles. The molecule has 28 heavy (non-hydrogen) atoms. The maximum Gasteiger partial charge on any atom is 0.247 e. The second-order valence-corrected chi connectivity index (χ2v) is 6.97. The van der Waals surface area contributed by atoms with Crippen LogP contribution in [0.2, 0.25) is 0 Å². The Labute approximate surface area is 162 Å². The third-order valence-corrected chi connectivity index (χ3v) is 4.82. The van der Waals surface area contributed by atoms with Crippen molar-refractivity contribution in [1.29, 1.82) is 0 Å². The van der Waals surface area contributed by atoms with E-state index >= 15 is 0 Å². The van der Waals surface area contributed by atoms with E-state index in [1.54, 1.807) is 23.1 Å². The molecule has 4 rings (SSSR count). The minimum Gasteiger partial charge on any atom is -0.423 e. The second-order valence-electron chi connectivity index (χ2n) is 6.97. The fraction of sp³-hybridized carbons (Fsp3) is 0.238. The van der Waals surface area contributed by atoms with E-state index in [0.29, 0.717) is 24.7 Å². The summed E-state index contributed by atoms with van der Waals surface area (Å²) in [5.74, 6) is -0.149. The van der Waals surface area contributed by atoms with Gasteiger partial charge in [0.2, 0.25) is 24.1 Å².